The fraction of sp³-hybridized carbons (Fsp3) is 0.533. The molecule has 0 heterocycles. The first-order valence-corrected chi connectivity index (χ1v) is 6.72. The Morgan fingerprint density at radius 2 is 1.89 bits per heavy atom. The lowest BCUT2D eigenvalue weighted by atomic mass is 10.0. The van der Waals surface area contributed by atoms with Gasteiger partial charge in [0.2, 0.25) is 5.91 Å². The zero-order chi connectivity index (χ0) is 12.5. The van der Waals surface area contributed by atoms with Gasteiger partial charge in [0.05, 0.1) is 13.2 Å². The normalized spacial score (nSPS) is 20.3. The first kappa shape index (κ1) is 11.6. The number of amides is 1. The molecule has 0 aromatic heterocycles. The van der Waals surface area contributed by atoms with Crippen molar-refractivity contribution < 1.29 is 9.53 Å². The maximum absolute atomic E-state index is 11.9. The topological polar surface area (TPSA) is 38.3 Å². The number of hydrogen-bond acceptors (Lipinski definition) is 2. The predicted molar refractivity (Wildman–Crippen MR) is 69.3 cm³/mol. The Bertz CT molecular complexity index is 432. The molecule has 0 radical (unpaired) electrons. The number of hydrogen-bond donors (Lipinski definition) is 1. The fourth-order valence-corrected chi connectivity index (χ4v) is 2.33. The fourth-order valence-electron chi connectivity index (χ4n) is 2.33. The molecule has 2 aliphatic rings. The summed E-state index contributed by atoms with van der Waals surface area (Å²) in [6.45, 7) is 0. The SMILES string of the molecule is COc1ccc(C(NC(=O)C2CC2)C2CC2)cc1. The number of nitrogens with one attached hydrogen (secondary N) is 1. The molecule has 2 saturated carbocycles. The summed E-state index contributed by atoms with van der Waals surface area (Å²) in [5.41, 5.74) is 1.20. The number of carbonyl (C=O) groups excluding carboxylic acids is 1. The van der Waals surface area contributed by atoms with E-state index in [9.17, 15) is 4.79 Å². The van der Waals surface area contributed by atoms with Crippen LogP contribution in [0.4, 0.5) is 0 Å². The Balaban J connectivity index is 1.73. The lowest BCUT2D eigenvalue weighted by Crippen LogP contribution is -2.30. The standard InChI is InChI=1S/C15H19NO2/c1-18-13-8-6-11(7-9-13)14(10-2-3-10)16-15(17)12-4-5-12/h6-10,12,14H,2-5H2,1H3,(H,16,17). The second-order valence-electron chi connectivity index (χ2n) is 5.37. The second kappa shape index (κ2) is 4.63. The molecule has 0 aliphatic heterocycles. The van der Waals surface area contributed by atoms with Crippen LogP contribution in [0.5, 0.6) is 5.75 Å². The van der Waals surface area contributed by atoms with E-state index in [1.807, 2.05) is 12.1 Å². The molecule has 3 rings (SSSR count). The van der Waals surface area contributed by atoms with E-state index >= 15 is 0 Å². The first-order valence-electron chi connectivity index (χ1n) is 6.72. The Kier molecular flexibility index (Phi) is 2.98. The molecular weight excluding hydrogens is 226 g/mol. The largest absolute Gasteiger partial charge is 0.497 e. The average molecular weight is 245 g/mol. The van der Waals surface area contributed by atoms with Gasteiger partial charge in [0.25, 0.3) is 0 Å². The minimum absolute atomic E-state index is 0.198. The second-order valence-corrected chi connectivity index (χ2v) is 5.37. The third-order valence-corrected chi connectivity index (χ3v) is 3.81. The van der Waals surface area contributed by atoms with E-state index in [0.29, 0.717) is 5.92 Å². The van der Waals surface area contributed by atoms with Crippen LogP contribution in [-0.4, -0.2) is 13.0 Å². The van der Waals surface area contributed by atoms with Gasteiger partial charge in [0, 0.05) is 5.92 Å². The van der Waals surface area contributed by atoms with Crippen molar-refractivity contribution in [3.05, 3.63) is 29.8 Å². The van der Waals surface area contributed by atoms with Crippen LogP contribution in [0.25, 0.3) is 0 Å². The smallest absolute Gasteiger partial charge is 0.223 e. The number of methoxy groups -OCH3 is 1. The molecule has 0 spiro atoms. The molecule has 0 saturated heterocycles. The lowest BCUT2D eigenvalue weighted by molar-refractivity contribution is -0.123. The maximum Gasteiger partial charge on any atom is 0.223 e. The van der Waals surface area contributed by atoms with Crippen molar-refractivity contribution in [2.75, 3.05) is 7.11 Å². The van der Waals surface area contributed by atoms with E-state index < -0.39 is 0 Å². The van der Waals surface area contributed by atoms with Gasteiger partial charge >= 0.3 is 0 Å². The Hall–Kier alpha value is -1.51. The summed E-state index contributed by atoms with van der Waals surface area (Å²) in [4.78, 5) is 11.9. The molecule has 0 bridgehead atoms. The molecule has 1 aromatic carbocycles. The zero-order valence-corrected chi connectivity index (χ0v) is 10.7. The maximum atomic E-state index is 11.9. The highest BCUT2D eigenvalue weighted by Gasteiger charge is 2.37. The Morgan fingerprint density at radius 3 is 2.39 bits per heavy atom. The quantitative estimate of drug-likeness (QED) is 0.866. The molecule has 3 nitrogen and oxygen atoms in total. The van der Waals surface area contributed by atoms with Crippen LogP contribution in [0.2, 0.25) is 0 Å². The van der Waals surface area contributed by atoms with Crippen molar-refractivity contribution in [1.82, 2.24) is 5.32 Å². The Labute approximate surface area is 108 Å². The summed E-state index contributed by atoms with van der Waals surface area (Å²) in [6.07, 6.45) is 4.57. The molecule has 2 fully saturated rings. The van der Waals surface area contributed by atoms with Crippen molar-refractivity contribution in [1.29, 1.82) is 0 Å². The van der Waals surface area contributed by atoms with E-state index in [4.69, 9.17) is 4.74 Å². The van der Waals surface area contributed by atoms with E-state index in [1.165, 1.54) is 18.4 Å². The molecule has 18 heavy (non-hydrogen) atoms. The summed E-state index contributed by atoms with van der Waals surface area (Å²) in [5.74, 6) is 2.01. The molecule has 3 heteroatoms. The molecule has 1 atom stereocenters. The van der Waals surface area contributed by atoms with E-state index in [-0.39, 0.29) is 17.9 Å². The van der Waals surface area contributed by atoms with Gasteiger partial charge in [-0.15, -0.1) is 0 Å². The number of benzene rings is 1. The van der Waals surface area contributed by atoms with Gasteiger partial charge in [-0.2, -0.15) is 0 Å². The summed E-state index contributed by atoms with van der Waals surface area (Å²) in [6, 6.07) is 8.26. The number of carbonyl (C=O) groups is 1. The zero-order valence-electron chi connectivity index (χ0n) is 10.7. The predicted octanol–water partition coefficient (Wildman–Crippen LogP) is 2.67. The van der Waals surface area contributed by atoms with Crippen LogP contribution in [0, 0.1) is 11.8 Å². The average Bonchev–Trinajstić information content (AvgIpc) is 3.28. The van der Waals surface area contributed by atoms with Crippen molar-refractivity contribution in [3.63, 3.8) is 0 Å². The van der Waals surface area contributed by atoms with E-state index in [2.05, 4.69) is 17.4 Å². The number of rotatable bonds is 5. The molecule has 2 aliphatic carbocycles. The molecule has 1 amide bonds. The van der Waals surface area contributed by atoms with Gasteiger partial charge in [-0.25, -0.2) is 0 Å². The highest BCUT2D eigenvalue weighted by molar-refractivity contribution is 5.81. The van der Waals surface area contributed by atoms with E-state index in [0.717, 1.165) is 18.6 Å². The van der Waals surface area contributed by atoms with Crippen LogP contribution in [0.3, 0.4) is 0 Å². The molecule has 1 N–H and O–H groups in total. The highest BCUT2D eigenvalue weighted by atomic mass is 16.5. The van der Waals surface area contributed by atoms with Crippen LogP contribution >= 0.6 is 0 Å². The minimum Gasteiger partial charge on any atom is -0.497 e. The van der Waals surface area contributed by atoms with Crippen LogP contribution in [0.15, 0.2) is 24.3 Å². The summed E-state index contributed by atoms with van der Waals surface area (Å²) in [7, 11) is 1.67. The van der Waals surface area contributed by atoms with Crippen molar-refractivity contribution >= 4 is 5.91 Å². The molecule has 1 unspecified atom stereocenters. The van der Waals surface area contributed by atoms with Crippen LogP contribution in [0.1, 0.15) is 37.3 Å². The van der Waals surface area contributed by atoms with Gasteiger partial charge < -0.3 is 10.1 Å². The van der Waals surface area contributed by atoms with Gasteiger partial charge in [-0.1, -0.05) is 12.1 Å². The lowest BCUT2D eigenvalue weighted by Gasteiger charge is -2.19. The third-order valence-electron chi connectivity index (χ3n) is 3.81. The van der Waals surface area contributed by atoms with Gasteiger partial charge in [0.1, 0.15) is 5.75 Å². The van der Waals surface area contributed by atoms with Gasteiger partial charge in [0.15, 0.2) is 0 Å². The first-order chi connectivity index (χ1) is 8.78. The van der Waals surface area contributed by atoms with E-state index in [1.54, 1.807) is 7.11 Å². The van der Waals surface area contributed by atoms with Crippen molar-refractivity contribution in [2.45, 2.75) is 31.7 Å². The highest BCUT2D eigenvalue weighted by Crippen LogP contribution is 2.42. The van der Waals surface area contributed by atoms with Gasteiger partial charge in [-0.05, 0) is 49.3 Å². The van der Waals surface area contributed by atoms with Crippen molar-refractivity contribution in [2.24, 2.45) is 11.8 Å². The monoisotopic (exact) mass is 245 g/mol. The molecular formula is C15H19NO2. The summed E-state index contributed by atoms with van der Waals surface area (Å²) < 4.78 is 5.17. The summed E-state index contributed by atoms with van der Waals surface area (Å²) >= 11 is 0. The van der Waals surface area contributed by atoms with Crippen LogP contribution < -0.4 is 10.1 Å². The molecule has 1 aromatic rings. The minimum atomic E-state index is 0.198. The van der Waals surface area contributed by atoms with Gasteiger partial charge in [-0.3, -0.25) is 4.79 Å². The summed E-state index contributed by atoms with van der Waals surface area (Å²) in [5, 5.41) is 3.21. The Morgan fingerprint density at radius 1 is 1.22 bits per heavy atom. The third kappa shape index (κ3) is 2.50. The van der Waals surface area contributed by atoms with Crippen molar-refractivity contribution in [3.8, 4) is 5.75 Å². The number of ether oxygens (including phenoxy) is 1. The van der Waals surface area contributed by atoms with Crippen LogP contribution in [-0.2, 0) is 4.79 Å². The molecule has 96 valence electrons.